The van der Waals surface area contributed by atoms with E-state index in [1.54, 1.807) is 0 Å². The summed E-state index contributed by atoms with van der Waals surface area (Å²) < 4.78 is 0. The van der Waals surface area contributed by atoms with E-state index < -0.39 is 0 Å². The Kier molecular flexibility index (Phi) is 3.22. The summed E-state index contributed by atoms with van der Waals surface area (Å²) in [7, 11) is 0. The molecule has 0 radical (unpaired) electrons. The molecule has 2 aliphatic rings. The lowest BCUT2D eigenvalue weighted by molar-refractivity contribution is 0.0445. The topological polar surface area (TPSA) is 48.6 Å². The quantitative estimate of drug-likeness (QED) is 0.687. The molecule has 0 saturated carbocycles. The van der Waals surface area contributed by atoms with Gasteiger partial charge in [0.2, 0.25) is 0 Å². The van der Waals surface area contributed by atoms with E-state index in [-0.39, 0.29) is 12.0 Å². The van der Waals surface area contributed by atoms with E-state index in [9.17, 15) is 0 Å². The first-order valence-electron chi connectivity index (χ1n) is 5.59. The molecule has 0 amide bonds. The van der Waals surface area contributed by atoms with Gasteiger partial charge in [0.25, 0.3) is 0 Å². The number of nitriles is 1. The van der Waals surface area contributed by atoms with E-state index in [4.69, 9.17) is 10.1 Å². The maximum Gasteiger partial charge on any atom is 0.145 e. The molecule has 2 heterocycles. The Labute approximate surface area is 90.5 Å². The third kappa shape index (κ3) is 2.69. The number of oxime groups is 1. The van der Waals surface area contributed by atoms with Gasteiger partial charge in [0.15, 0.2) is 0 Å². The van der Waals surface area contributed by atoms with Crippen LogP contribution in [0.5, 0.6) is 0 Å². The van der Waals surface area contributed by atoms with E-state index in [0.29, 0.717) is 0 Å². The van der Waals surface area contributed by atoms with E-state index in [1.807, 2.05) is 6.92 Å². The van der Waals surface area contributed by atoms with Crippen molar-refractivity contribution < 1.29 is 4.84 Å². The van der Waals surface area contributed by atoms with Crippen LogP contribution < -0.4 is 0 Å². The lowest BCUT2D eigenvalue weighted by Crippen LogP contribution is -2.38. The third-order valence-corrected chi connectivity index (χ3v) is 3.11. The molecule has 0 bridgehead atoms. The lowest BCUT2D eigenvalue weighted by Gasteiger charge is -2.30. The van der Waals surface area contributed by atoms with Gasteiger partial charge < -0.3 is 4.84 Å². The van der Waals surface area contributed by atoms with Crippen LogP contribution >= 0.6 is 0 Å². The minimum atomic E-state index is 0.239. The Morgan fingerprint density at radius 3 is 2.80 bits per heavy atom. The molecule has 15 heavy (non-hydrogen) atoms. The Hall–Kier alpha value is -1.08. The summed E-state index contributed by atoms with van der Waals surface area (Å²) in [5, 5.41) is 12.7. The smallest absolute Gasteiger partial charge is 0.145 e. The maximum absolute atomic E-state index is 8.78. The molecule has 82 valence electrons. The van der Waals surface area contributed by atoms with Crippen LogP contribution in [0.4, 0.5) is 0 Å². The highest BCUT2D eigenvalue weighted by Crippen LogP contribution is 2.18. The predicted octanol–water partition coefficient (Wildman–Crippen LogP) is 1.39. The van der Waals surface area contributed by atoms with E-state index >= 15 is 0 Å². The average Bonchev–Trinajstić information content (AvgIpc) is 2.65. The van der Waals surface area contributed by atoms with Crippen LogP contribution in [-0.2, 0) is 4.84 Å². The highest BCUT2D eigenvalue weighted by molar-refractivity contribution is 5.82. The molecule has 2 aliphatic heterocycles. The average molecular weight is 207 g/mol. The molecular weight excluding hydrogens is 190 g/mol. The molecule has 1 unspecified atom stereocenters. The van der Waals surface area contributed by atoms with Crippen LogP contribution in [0, 0.1) is 17.2 Å². The summed E-state index contributed by atoms with van der Waals surface area (Å²) in [6.45, 7) is 5.01. The highest BCUT2D eigenvalue weighted by Gasteiger charge is 2.24. The Bertz CT molecular complexity index is 287. The predicted molar refractivity (Wildman–Crippen MR) is 57.4 cm³/mol. The second kappa shape index (κ2) is 4.63. The molecule has 0 spiro atoms. The van der Waals surface area contributed by atoms with Gasteiger partial charge in [-0.15, -0.1) is 0 Å². The van der Waals surface area contributed by atoms with Crippen LogP contribution in [0.1, 0.15) is 26.2 Å². The molecule has 1 fully saturated rings. The summed E-state index contributed by atoms with van der Waals surface area (Å²) in [6.07, 6.45) is 3.20. The first-order chi connectivity index (χ1) is 7.28. The Morgan fingerprint density at radius 1 is 1.53 bits per heavy atom. The largest absolute Gasteiger partial charge is 0.391 e. The van der Waals surface area contributed by atoms with E-state index in [0.717, 1.165) is 44.6 Å². The minimum absolute atomic E-state index is 0.239. The molecule has 4 heteroatoms. The molecular formula is C11H17N3O. The molecule has 0 aliphatic carbocycles. The summed E-state index contributed by atoms with van der Waals surface area (Å²) >= 11 is 0. The molecule has 1 atom stereocenters. The van der Waals surface area contributed by atoms with Gasteiger partial charge in [-0.25, -0.2) is 0 Å². The molecule has 0 aromatic rings. The van der Waals surface area contributed by atoms with Crippen LogP contribution in [0.15, 0.2) is 5.16 Å². The number of likely N-dealkylation sites (tertiary alicyclic amines) is 1. The normalized spacial score (nSPS) is 28.3. The standard InChI is InChI=1S/C11H17N3O/c1-9-6-11(15-13-9)8-14-4-2-10(7-12)3-5-14/h10-11H,2-6,8H2,1H3. The van der Waals surface area contributed by atoms with Crippen LogP contribution in [0.3, 0.4) is 0 Å². The van der Waals surface area contributed by atoms with Gasteiger partial charge in [0, 0.05) is 18.9 Å². The fourth-order valence-electron chi connectivity index (χ4n) is 2.20. The second-order valence-corrected chi connectivity index (χ2v) is 4.46. The van der Waals surface area contributed by atoms with Crippen molar-refractivity contribution in [3.63, 3.8) is 0 Å². The lowest BCUT2D eigenvalue weighted by atomic mass is 9.98. The maximum atomic E-state index is 8.78. The van der Waals surface area contributed by atoms with E-state index in [1.165, 1.54) is 0 Å². The summed E-state index contributed by atoms with van der Waals surface area (Å²) in [4.78, 5) is 7.68. The summed E-state index contributed by atoms with van der Waals surface area (Å²) in [6, 6.07) is 2.34. The van der Waals surface area contributed by atoms with Crippen LogP contribution in [0.2, 0.25) is 0 Å². The zero-order valence-electron chi connectivity index (χ0n) is 9.15. The SMILES string of the molecule is CC1=NOC(CN2CCC(C#N)CC2)C1. The van der Waals surface area contributed by atoms with Crippen LogP contribution in [-0.4, -0.2) is 36.3 Å². The molecule has 0 aromatic carbocycles. The molecule has 0 N–H and O–H groups in total. The van der Waals surface area contributed by atoms with Crippen molar-refractivity contribution in [2.75, 3.05) is 19.6 Å². The molecule has 0 aromatic heterocycles. The highest BCUT2D eigenvalue weighted by atomic mass is 16.6. The van der Waals surface area contributed by atoms with Crippen molar-refractivity contribution >= 4 is 5.71 Å². The van der Waals surface area contributed by atoms with Gasteiger partial charge in [0.1, 0.15) is 6.10 Å². The number of hydrogen-bond acceptors (Lipinski definition) is 4. The van der Waals surface area contributed by atoms with Gasteiger partial charge >= 0.3 is 0 Å². The van der Waals surface area contributed by atoms with E-state index in [2.05, 4.69) is 16.1 Å². The zero-order valence-corrected chi connectivity index (χ0v) is 9.15. The first-order valence-corrected chi connectivity index (χ1v) is 5.59. The third-order valence-electron chi connectivity index (χ3n) is 3.11. The van der Waals surface area contributed by atoms with Crippen molar-refractivity contribution in [3.05, 3.63) is 0 Å². The summed E-state index contributed by atoms with van der Waals surface area (Å²) in [5.41, 5.74) is 1.09. The Morgan fingerprint density at radius 2 is 2.27 bits per heavy atom. The first kappa shape index (κ1) is 10.4. The van der Waals surface area contributed by atoms with Gasteiger partial charge in [-0.05, 0) is 32.9 Å². The van der Waals surface area contributed by atoms with Crippen LogP contribution in [0.25, 0.3) is 0 Å². The number of piperidine rings is 1. The second-order valence-electron chi connectivity index (χ2n) is 4.46. The van der Waals surface area contributed by atoms with Crippen molar-refractivity contribution in [1.82, 2.24) is 4.90 Å². The molecule has 4 nitrogen and oxygen atoms in total. The fourth-order valence-corrected chi connectivity index (χ4v) is 2.20. The van der Waals surface area contributed by atoms with Crippen molar-refractivity contribution in [1.29, 1.82) is 5.26 Å². The van der Waals surface area contributed by atoms with Crippen molar-refractivity contribution in [3.8, 4) is 6.07 Å². The van der Waals surface area contributed by atoms with Gasteiger partial charge in [-0.1, -0.05) is 5.16 Å². The Balaban J connectivity index is 1.72. The summed E-state index contributed by atoms with van der Waals surface area (Å²) in [5.74, 6) is 0.267. The van der Waals surface area contributed by atoms with Crippen molar-refractivity contribution in [2.45, 2.75) is 32.3 Å². The fraction of sp³-hybridized carbons (Fsp3) is 0.818. The van der Waals surface area contributed by atoms with Crippen molar-refractivity contribution in [2.24, 2.45) is 11.1 Å². The monoisotopic (exact) mass is 207 g/mol. The number of nitrogens with zero attached hydrogens (tertiary/aromatic N) is 3. The molecule has 1 saturated heterocycles. The number of rotatable bonds is 2. The van der Waals surface area contributed by atoms with Gasteiger partial charge in [-0.2, -0.15) is 5.26 Å². The number of hydrogen-bond donors (Lipinski definition) is 0. The minimum Gasteiger partial charge on any atom is -0.391 e. The zero-order chi connectivity index (χ0) is 10.7. The van der Waals surface area contributed by atoms with Gasteiger partial charge in [-0.3, -0.25) is 4.90 Å². The molecule has 2 rings (SSSR count). The van der Waals surface area contributed by atoms with Gasteiger partial charge in [0.05, 0.1) is 11.8 Å².